The molecule has 0 saturated carbocycles. The number of halogens is 3. The molecule has 0 saturated heterocycles. The largest absolute Gasteiger partial charge is 0.507 e. The van der Waals surface area contributed by atoms with Crippen LogP contribution in [0.5, 0.6) is 5.75 Å². The SMILES string of the molecule is Cc1ccc(O)c(-c2noc3ccc(-n4c(=O)cc(C(F)(F)F)n(C)c4=O)cc23)c1. The first-order valence-electron chi connectivity index (χ1n) is 8.68. The van der Waals surface area contributed by atoms with E-state index < -0.39 is 23.1 Å². The topological polar surface area (TPSA) is 90.3 Å². The molecule has 0 aliphatic rings. The molecule has 0 radical (unpaired) electrons. The number of aromatic nitrogens is 3. The lowest BCUT2D eigenvalue weighted by molar-refractivity contribution is -0.144. The van der Waals surface area contributed by atoms with Crippen molar-refractivity contribution in [2.24, 2.45) is 7.05 Å². The summed E-state index contributed by atoms with van der Waals surface area (Å²) in [7, 11) is 0.940. The van der Waals surface area contributed by atoms with Crippen molar-refractivity contribution in [2.75, 3.05) is 0 Å². The van der Waals surface area contributed by atoms with Gasteiger partial charge in [-0.3, -0.25) is 9.36 Å². The molecule has 0 aliphatic heterocycles. The number of nitrogens with zero attached hydrogens (tertiary/aromatic N) is 3. The van der Waals surface area contributed by atoms with Crippen molar-refractivity contribution in [3.8, 4) is 22.7 Å². The van der Waals surface area contributed by atoms with Crippen molar-refractivity contribution in [1.29, 1.82) is 0 Å². The van der Waals surface area contributed by atoms with Crippen LogP contribution in [-0.2, 0) is 13.2 Å². The molecular weight excluding hydrogens is 403 g/mol. The summed E-state index contributed by atoms with van der Waals surface area (Å²) in [6.07, 6.45) is -4.85. The number of phenolic OH excluding ortho intramolecular Hbond substituents is 1. The van der Waals surface area contributed by atoms with Gasteiger partial charge in [-0.2, -0.15) is 13.2 Å². The molecule has 0 aliphatic carbocycles. The average molecular weight is 417 g/mol. The zero-order chi connectivity index (χ0) is 21.8. The molecule has 1 N–H and O–H groups in total. The number of aryl methyl sites for hydroxylation is 1. The Hall–Kier alpha value is -3.82. The van der Waals surface area contributed by atoms with E-state index in [1.54, 1.807) is 12.1 Å². The summed E-state index contributed by atoms with van der Waals surface area (Å²) in [5.74, 6) is -0.0520. The molecule has 154 valence electrons. The maximum Gasteiger partial charge on any atom is 0.431 e. The number of rotatable bonds is 2. The number of benzene rings is 2. The summed E-state index contributed by atoms with van der Waals surface area (Å²) < 4.78 is 45.5. The van der Waals surface area contributed by atoms with Crippen LogP contribution < -0.4 is 11.2 Å². The minimum atomic E-state index is -4.85. The first-order valence-corrected chi connectivity index (χ1v) is 8.68. The Morgan fingerprint density at radius 3 is 2.50 bits per heavy atom. The fourth-order valence-corrected chi connectivity index (χ4v) is 3.23. The minimum absolute atomic E-state index is 0.0402. The van der Waals surface area contributed by atoms with E-state index >= 15 is 0 Å². The molecule has 0 unspecified atom stereocenters. The molecule has 0 spiro atoms. The van der Waals surface area contributed by atoms with E-state index in [1.165, 1.54) is 24.3 Å². The second-order valence-electron chi connectivity index (χ2n) is 6.77. The lowest BCUT2D eigenvalue weighted by atomic mass is 10.0. The van der Waals surface area contributed by atoms with Gasteiger partial charge in [0.25, 0.3) is 5.56 Å². The van der Waals surface area contributed by atoms with Crippen molar-refractivity contribution in [3.05, 3.63) is 74.6 Å². The number of aromatic hydroxyl groups is 1. The standard InChI is InChI=1S/C20H14F3N3O4/c1-10-3-5-14(27)12(7-10)18-13-8-11(4-6-15(13)30-24-18)26-17(28)9-16(20(21,22)23)25(2)19(26)29/h3-9,27H,1-2H3. The second-order valence-corrected chi connectivity index (χ2v) is 6.77. The van der Waals surface area contributed by atoms with Crippen molar-refractivity contribution in [3.63, 3.8) is 0 Å². The molecule has 0 atom stereocenters. The van der Waals surface area contributed by atoms with Gasteiger partial charge in [0, 0.05) is 18.7 Å². The van der Waals surface area contributed by atoms with Crippen LogP contribution in [0.1, 0.15) is 11.3 Å². The van der Waals surface area contributed by atoms with Gasteiger partial charge in [-0.15, -0.1) is 0 Å². The van der Waals surface area contributed by atoms with Crippen molar-refractivity contribution >= 4 is 11.0 Å². The smallest absolute Gasteiger partial charge is 0.431 e. The molecular formula is C20H14F3N3O4. The lowest BCUT2D eigenvalue weighted by Crippen LogP contribution is -2.40. The summed E-state index contributed by atoms with van der Waals surface area (Å²) >= 11 is 0. The second kappa shape index (κ2) is 6.61. The molecule has 0 amide bonds. The Balaban J connectivity index is 1.96. The average Bonchev–Trinajstić information content (AvgIpc) is 3.09. The molecule has 2 aromatic carbocycles. The van der Waals surface area contributed by atoms with Crippen molar-refractivity contribution in [2.45, 2.75) is 13.1 Å². The maximum absolute atomic E-state index is 13.1. The molecule has 4 aromatic rings. The van der Waals surface area contributed by atoms with Crippen LogP contribution in [0.4, 0.5) is 13.2 Å². The number of hydrogen-bond acceptors (Lipinski definition) is 5. The molecule has 2 heterocycles. The van der Waals surface area contributed by atoms with E-state index in [9.17, 15) is 27.9 Å². The maximum atomic E-state index is 13.1. The quantitative estimate of drug-likeness (QED) is 0.540. The van der Waals surface area contributed by atoms with Gasteiger partial charge in [0.05, 0.1) is 11.1 Å². The fourth-order valence-electron chi connectivity index (χ4n) is 3.23. The van der Waals surface area contributed by atoms with Gasteiger partial charge in [-0.25, -0.2) is 9.36 Å². The summed E-state index contributed by atoms with van der Waals surface area (Å²) in [4.78, 5) is 24.9. The van der Waals surface area contributed by atoms with Crippen molar-refractivity contribution < 1.29 is 22.8 Å². The predicted octanol–water partition coefficient (Wildman–Crippen LogP) is 3.38. The van der Waals surface area contributed by atoms with Gasteiger partial charge < -0.3 is 9.63 Å². The Bertz CT molecular complexity index is 1410. The van der Waals surface area contributed by atoms with Gasteiger partial charge in [0.1, 0.15) is 17.1 Å². The van der Waals surface area contributed by atoms with Gasteiger partial charge >= 0.3 is 11.9 Å². The number of hydrogen-bond donors (Lipinski definition) is 1. The summed E-state index contributed by atoms with van der Waals surface area (Å²) in [6.45, 7) is 1.82. The van der Waals surface area contributed by atoms with Gasteiger partial charge in [-0.1, -0.05) is 16.8 Å². The minimum Gasteiger partial charge on any atom is -0.507 e. The third kappa shape index (κ3) is 3.06. The highest BCUT2D eigenvalue weighted by Crippen LogP contribution is 2.35. The van der Waals surface area contributed by atoms with Gasteiger partial charge in [-0.05, 0) is 37.3 Å². The third-order valence-electron chi connectivity index (χ3n) is 4.73. The predicted molar refractivity (Wildman–Crippen MR) is 102 cm³/mol. The van der Waals surface area contributed by atoms with Gasteiger partial charge in [0.2, 0.25) is 0 Å². The normalized spacial score (nSPS) is 11.9. The Labute approximate surface area is 166 Å². The molecule has 2 aromatic heterocycles. The fraction of sp³-hybridized carbons (Fsp3) is 0.150. The Kier molecular flexibility index (Phi) is 4.30. The van der Waals surface area contributed by atoms with Crippen LogP contribution in [0.25, 0.3) is 27.9 Å². The van der Waals surface area contributed by atoms with Crippen LogP contribution in [0, 0.1) is 6.92 Å². The highest BCUT2D eigenvalue weighted by Gasteiger charge is 2.35. The molecule has 30 heavy (non-hydrogen) atoms. The molecule has 0 fully saturated rings. The van der Waals surface area contributed by atoms with E-state index in [-0.39, 0.29) is 17.1 Å². The van der Waals surface area contributed by atoms with E-state index in [0.717, 1.165) is 12.6 Å². The lowest BCUT2D eigenvalue weighted by Gasteiger charge is -2.13. The molecule has 10 heteroatoms. The summed E-state index contributed by atoms with van der Waals surface area (Å²) in [6, 6.07) is 9.46. The van der Waals surface area contributed by atoms with Crippen molar-refractivity contribution in [1.82, 2.24) is 14.3 Å². The van der Waals surface area contributed by atoms with E-state index in [0.29, 0.717) is 31.7 Å². The highest BCUT2D eigenvalue weighted by molar-refractivity contribution is 5.94. The Morgan fingerprint density at radius 2 is 1.80 bits per heavy atom. The van der Waals surface area contributed by atoms with Crippen LogP contribution in [0.15, 0.2) is 56.6 Å². The molecule has 4 rings (SSSR count). The van der Waals surface area contributed by atoms with E-state index in [1.807, 2.05) is 6.92 Å². The number of phenols is 1. The van der Waals surface area contributed by atoms with Crippen LogP contribution in [0.2, 0.25) is 0 Å². The first-order chi connectivity index (χ1) is 14.1. The third-order valence-corrected chi connectivity index (χ3v) is 4.73. The first kappa shape index (κ1) is 19.5. The van der Waals surface area contributed by atoms with Crippen LogP contribution in [0.3, 0.4) is 0 Å². The zero-order valence-electron chi connectivity index (χ0n) is 15.7. The molecule has 0 bridgehead atoms. The highest BCUT2D eigenvalue weighted by atomic mass is 19.4. The van der Waals surface area contributed by atoms with Crippen LogP contribution >= 0.6 is 0 Å². The van der Waals surface area contributed by atoms with E-state index in [4.69, 9.17) is 4.52 Å². The van der Waals surface area contributed by atoms with Gasteiger partial charge in [0.15, 0.2) is 5.58 Å². The zero-order valence-corrected chi connectivity index (χ0v) is 15.7. The van der Waals surface area contributed by atoms with E-state index in [2.05, 4.69) is 5.16 Å². The summed E-state index contributed by atoms with van der Waals surface area (Å²) in [5.41, 5.74) is -1.77. The number of alkyl halides is 3. The van der Waals surface area contributed by atoms with Crippen LogP contribution in [-0.4, -0.2) is 19.4 Å². The number of fused-ring (bicyclic) bond motifs is 1. The summed E-state index contributed by atoms with van der Waals surface area (Å²) in [5, 5.41) is 14.5. The Morgan fingerprint density at radius 1 is 1.07 bits per heavy atom. The monoisotopic (exact) mass is 417 g/mol. The molecule has 7 nitrogen and oxygen atoms in total.